The molecule has 3 nitrogen and oxygen atoms in total. The van der Waals surface area contributed by atoms with Crippen LogP contribution in [0.15, 0.2) is 54.7 Å². The molecule has 0 spiro atoms. The van der Waals surface area contributed by atoms with E-state index < -0.39 is 0 Å². The van der Waals surface area contributed by atoms with Crippen LogP contribution in [0.2, 0.25) is 0 Å². The summed E-state index contributed by atoms with van der Waals surface area (Å²) in [5.74, 6) is 0.441. The van der Waals surface area contributed by atoms with Gasteiger partial charge in [0.25, 0.3) is 0 Å². The van der Waals surface area contributed by atoms with Gasteiger partial charge in [-0.3, -0.25) is 0 Å². The van der Waals surface area contributed by atoms with Gasteiger partial charge in [-0.05, 0) is 48.4 Å². The Bertz CT molecular complexity index is 775. The van der Waals surface area contributed by atoms with Crippen molar-refractivity contribution in [2.45, 2.75) is 39.7 Å². The smallest absolute Gasteiger partial charge is 0.0833 e. The van der Waals surface area contributed by atoms with Gasteiger partial charge in [-0.15, -0.1) is 5.10 Å². The summed E-state index contributed by atoms with van der Waals surface area (Å²) in [4.78, 5) is 0. The number of hydrogen-bond donors (Lipinski definition) is 0. The van der Waals surface area contributed by atoms with Gasteiger partial charge in [-0.25, -0.2) is 4.68 Å². The number of benzene rings is 2. The molecule has 0 aliphatic rings. The number of hydrogen-bond acceptors (Lipinski definition) is 2. The van der Waals surface area contributed by atoms with Crippen molar-refractivity contribution < 1.29 is 0 Å². The highest BCUT2D eigenvalue weighted by molar-refractivity contribution is 5.32. The lowest BCUT2D eigenvalue weighted by Gasteiger charge is -2.12. The van der Waals surface area contributed by atoms with Gasteiger partial charge in [0.1, 0.15) is 0 Å². The molecule has 2 aromatic carbocycles. The Morgan fingerprint density at radius 2 is 1.78 bits per heavy atom. The van der Waals surface area contributed by atoms with Crippen LogP contribution in [-0.2, 0) is 13.0 Å². The summed E-state index contributed by atoms with van der Waals surface area (Å²) in [5, 5.41) is 8.59. The second-order valence-electron chi connectivity index (χ2n) is 6.34. The van der Waals surface area contributed by atoms with Crippen molar-refractivity contribution >= 4 is 0 Å². The van der Waals surface area contributed by atoms with Crippen molar-refractivity contribution in [2.75, 3.05) is 0 Å². The molecule has 3 heteroatoms. The van der Waals surface area contributed by atoms with Gasteiger partial charge in [0.15, 0.2) is 0 Å². The quantitative estimate of drug-likeness (QED) is 0.704. The van der Waals surface area contributed by atoms with Gasteiger partial charge >= 0.3 is 0 Å². The second-order valence-corrected chi connectivity index (χ2v) is 6.34. The van der Waals surface area contributed by atoms with E-state index >= 15 is 0 Å². The lowest BCUT2D eigenvalue weighted by Crippen LogP contribution is -2.00. The van der Waals surface area contributed by atoms with Crippen molar-refractivity contribution in [1.82, 2.24) is 15.0 Å². The van der Waals surface area contributed by atoms with Crippen molar-refractivity contribution in [2.24, 2.45) is 0 Å². The van der Waals surface area contributed by atoms with Gasteiger partial charge in [-0.1, -0.05) is 60.7 Å². The monoisotopic (exact) mass is 305 g/mol. The highest BCUT2D eigenvalue weighted by Crippen LogP contribution is 2.22. The van der Waals surface area contributed by atoms with E-state index in [-0.39, 0.29) is 0 Å². The Kier molecular flexibility index (Phi) is 4.56. The summed E-state index contributed by atoms with van der Waals surface area (Å²) in [6.45, 7) is 7.34. The van der Waals surface area contributed by atoms with Gasteiger partial charge in [0.05, 0.1) is 12.2 Å². The molecule has 0 radical (unpaired) electrons. The number of aromatic nitrogens is 3. The fraction of sp³-hybridized carbons (Fsp3) is 0.300. The average molecular weight is 305 g/mol. The Morgan fingerprint density at radius 1 is 1.00 bits per heavy atom. The fourth-order valence-corrected chi connectivity index (χ4v) is 2.78. The number of aryl methyl sites for hydroxylation is 2. The van der Waals surface area contributed by atoms with Crippen LogP contribution in [0, 0.1) is 13.8 Å². The van der Waals surface area contributed by atoms with Crippen molar-refractivity contribution in [3.63, 3.8) is 0 Å². The first-order valence-corrected chi connectivity index (χ1v) is 8.12. The highest BCUT2D eigenvalue weighted by Gasteiger charge is 2.10. The third kappa shape index (κ3) is 3.86. The molecule has 0 saturated carbocycles. The Labute approximate surface area is 138 Å². The van der Waals surface area contributed by atoms with E-state index in [1.807, 2.05) is 10.7 Å². The van der Waals surface area contributed by atoms with Gasteiger partial charge < -0.3 is 0 Å². The lowest BCUT2D eigenvalue weighted by atomic mass is 9.94. The summed E-state index contributed by atoms with van der Waals surface area (Å²) in [7, 11) is 0. The van der Waals surface area contributed by atoms with E-state index in [1.165, 1.54) is 22.3 Å². The maximum atomic E-state index is 4.33. The Balaban J connectivity index is 1.67. The zero-order valence-electron chi connectivity index (χ0n) is 14.0. The van der Waals surface area contributed by atoms with Crippen LogP contribution in [0.25, 0.3) is 0 Å². The molecule has 0 saturated heterocycles. The van der Waals surface area contributed by atoms with Crippen LogP contribution in [0.1, 0.15) is 40.8 Å². The minimum absolute atomic E-state index is 0.441. The van der Waals surface area contributed by atoms with Crippen LogP contribution < -0.4 is 0 Å². The summed E-state index contributed by atoms with van der Waals surface area (Å²) in [6.07, 6.45) is 2.97. The molecule has 1 aromatic heterocycles. The lowest BCUT2D eigenvalue weighted by molar-refractivity contribution is 0.648. The van der Waals surface area contributed by atoms with Crippen molar-refractivity contribution in [3.8, 4) is 0 Å². The topological polar surface area (TPSA) is 30.7 Å². The first kappa shape index (κ1) is 15.5. The number of rotatable bonds is 5. The summed E-state index contributed by atoms with van der Waals surface area (Å²) in [5.41, 5.74) is 6.35. The molecule has 0 aliphatic heterocycles. The normalized spacial score (nSPS) is 12.3. The molecule has 0 N–H and O–H groups in total. The molecule has 0 aliphatic carbocycles. The van der Waals surface area contributed by atoms with Crippen molar-refractivity contribution in [1.29, 1.82) is 0 Å². The average Bonchev–Trinajstić information content (AvgIpc) is 2.98. The zero-order valence-corrected chi connectivity index (χ0v) is 14.0. The summed E-state index contributed by atoms with van der Waals surface area (Å²) in [6, 6.07) is 17.1. The summed E-state index contributed by atoms with van der Waals surface area (Å²) >= 11 is 0. The van der Waals surface area contributed by atoms with E-state index in [9.17, 15) is 0 Å². The largest absolute Gasteiger partial charge is 0.248 e. The minimum atomic E-state index is 0.441. The maximum absolute atomic E-state index is 4.33. The molecular formula is C20H23N3. The molecule has 118 valence electrons. The minimum Gasteiger partial charge on any atom is -0.248 e. The van der Waals surface area contributed by atoms with E-state index in [0.29, 0.717) is 5.92 Å². The molecule has 0 bridgehead atoms. The molecule has 23 heavy (non-hydrogen) atoms. The number of nitrogens with zero attached hydrogens (tertiary/aromatic N) is 3. The standard InChI is InChI=1S/C20H23N3/c1-15-9-10-19(11-16(15)2)17(3)12-20-14-23(22-21-20)13-18-7-5-4-6-8-18/h4-11,14,17H,12-13H2,1-3H3. The third-order valence-electron chi connectivity index (χ3n) is 4.39. The SMILES string of the molecule is Cc1ccc(C(C)Cc2cn(Cc3ccccc3)nn2)cc1C. The predicted octanol–water partition coefficient (Wildman–Crippen LogP) is 4.29. The third-order valence-corrected chi connectivity index (χ3v) is 4.39. The second kappa shape index (κ2) is 6.78. The molecular weight excluding hydrogens is 282 g/mol. The van der Waals surface area contributed by atoms with Crippen LogP contribution >= 0.6 is 0 Å². The van der Waals surface area contributed by atoms with Crippen LogP contribution in [0.4, 0.5) is 0 Å². The van der Waals surface area contributed by atoms with E-state index in [4.69, 9.17) is 0 Å². The fourth-order valence-electron chi connectivity index (χ4n) is 2.78. The van der Waals surface area contributed by atoms with E-state index in [0.717, 1.165) is 18.7 Å². The van der Waals surface area contributed by atoms with E-state index in [1.54, 1.807) is 0 Å². The van der Waals surface area contributed by atoms with Gasteiger partial charge in [0.2, 0.25) is 0 Å². The highest BCUT2D eigenvalue weighted by atomic mass is 15.4. The molecule has 1 atom stereocenters. The molecule has 3 aromatic rings. The molecule has 0 fully saturated rings. The first-order chi connectivity index (χ1) is 11.1. The van der Waals surface area contributed by atoms with Crippen LogP contribution in [-0.4, -0.2) is 15.0 Å². The molecule has 0 amide bonds. The first-order valence-electron chi connectivity index (χ1n) is 8.12. The maximum Gasteiger partial charge on any atom is 0.0833 e. The molecule has 1 unspecified atom stereocenters. The van der Waals surface area contributed by atoms with Gasteiger partial charge in [-0.2, -0.15) is 0 Å². The van der Waals surface area contributed by atoms with Gasteiger partial charge in [0, 0.05) is 6.20 Å². The van der Waals surface area contributed by atoms with Crippen molar-refractivity contribution in [3.05, 3.63) is 82.7 Å². The Hall–Kier alpha value is -2.42. The van der Waals surface area contributed by atoms with E-state index in [2.05, 4.69) is 79.7 Å². The van der Waals surface area contributed by atoms with Crippen LogP contribution in [0.5, 0.6) is 0 Å². The molecule has 3 rings (SSSR count). The summed E-state index contributed by atoms with van der Waals surface area (Å²) < 4.78 is 1.91. The predicted molar refractivity (Wildman–Crippen MR) is 93.6 cm³/mol. The molecule has 1 heterocycles. The van der Waals surface area contributed by atoms with Crippen LogP contribution in [0.3, 0.4) is 0 Å². The zero-order chi connectivity index (χ0) is 16.2. The Morgan fingerprint density at radius 3 is 2.52 bits per heavy atom.